The van der Waals surface area contributed by atoms with Crippen molar-refractivity contribution in [2.75, 3.05) is 12.4 Å². The monoisotopic (exact) mass is 387 g/mol. The molecule has 4 rings (SSSR count). The summed E-state index contributed by atoms with van der Waals surface area (Å²) in [5.41, 5.74) is 2.79. The third-order valence-electron chi connectivity index (χ3n) is 4.25. The van der Waals surface area contributed by atoms with E-state index in [4.69, 9.17) is 4.74 Å². The van der Waals surface area contributed by atoms with Crippen molar-refractivity contribution < 1.29 is 9.53 Å². The van der Waals surface area contributed by atoms with Crippen molar-refractivity contribution in [3.05, 3.63) is 89.0 Å². The van der Waals surface area contributed by atoms with Gasteiger partial charge in [-0.25, -0.2) is 9.78 Å². The maximum absolute atomic E-state index is 12.6. The van der Waals surface area contributed by atoms with Gasteiger partial charge in [0.15, 0.2) is 5.69 Å². The molecule has 0 unspecified atom stereocenters. The Labute approximate surface area is 165 Å². The molecule has 0 radical (unpaired) electrons. The Morgan fingerprint density at radius 2 is 1.90 bits per heavy atom. The first kappa shape index (κ1) is 18.2. The maximum Gasteiger partial charge on any atom is 0.276 e. The van der Waals surface area contributed by atoms with Crippen LogP contribution in [0.3, 0.4) is 0 Å². The highest BCUT2D eigenvalue weighted by molar-refractivity contribution is 6.03. The summed E-state index contributed by atoms with van der Waals surface area (Å²) < 4.78 is 6.77. The molecular weight excluding hydrogens is 370 g/mol. The molecule has 2 heterocycles. The predicted molar refractivity (Wildman–Crippen MR) is 108 cm³/mol. The lowest BCUT2D eigenvalue weighted by atomic mass is 10.1. The Balaban J connectivity index is 1.51. The molecule has 2 aromatic carbocycles. The van der Waals surface area contributed by atoms with Crippen LogP contribution >= 0.6 is 0 Å². The summed E-state index contributed by atoms with van der Waals surface area (Å²) >= 11 is 0. The van der Waals surface area contributed by atoms with Gasteiger partial charge < -0.3 is 10.1 Å². The number of anilines is 1. The van der Waals surface area contributed by atoms with Gasteiger partial charge >= 0.3 is 0 Å². The van der Waals surface area contributed by atoms with Crippen molar-refractivity contribution in [2.24, 2.45) is 0 Å². The van der Waals surface area contributed by atoms with Gasteiger partial charge in [0.1, 0.15) is 5.75 Å². The highest BCUT2D eigenvalue weighted by Crippen LogP contribution is 2.20. The van der Waals surface area contributed by atoms with Gasteiger partial charge in [0, 0.05) is 23.5 Å². The number of aromatic nitrogens is 4. The van der Waals surface area contributed by atoms with E-state index in [0.717, 1.165) is 17.0 Å². The fourth-order valence-corrected chi connectivity index (χ4v) is 2.78. The number of rotatable bonds is 5. The summed E-state index contributed by atoms with van der Waals surface area (Å²) in [5.74, 6) is 0.416. The number of nitrogens with one attached hydrogen (secondary N) is 2. The molecule has 0 saturated carbocycles. The molecule has 29 heavy (non-hydrogen) atoms. The van der Waals surface area contributed by atoms with Crippen LogP contribution in [0.5, 0.6) is 5.75 Å². The molecule has 0 spiro atoms. The number of carbonyl (C=O) groups is 1. The van der Waals surface area contributed by atoms with Crippen LogP contribution in [0.4, 0.5) is 5.69 Å². The normalized spacial score (nSPS) is 10.5. The fourth-order valence-electron chi connectivity index (χ4n) is 2.78. The first-order valence-electron chi connectivity index (χ1n) is 8.80. The largest absolute Gasteiger partial charge is 0.497 e. The molecule has 0 atom stereocenters. The first-order chi connectivity index (χ1) is 14.1. The molecule has 0 aliphatic rings. The number of methoxy groups -OCH3 is 1. The summed E-state index contributed by atoms with van der Waals surface area (Å²) in [4.78, 5) is 23.8. The number of hydrogen-bond acceptors (Lipinski definition) is 5. The van der Waals surface area contributed by atoms with Crippen LogP contribution in [0.1, 0.15) is 10.5 Å². The number of ether oxygens (including phenoxy) is 1. The van der Waals surface area contributed by atoms with E-state index < -0.39 is 0 Å². The Kier molecular flexibility index (Phi) is 4.90. The van der Waals surface area contributed by atoms with Crippen LogP contribution in [-0.4, -0.2) is 33.0 Å². The maximum atomic E-state index is 12.6. The van der Waals surface area contributed by atoms with Gasteiger partial charge in [0.25, 0.3) is 11.5 Å². The second kappa shape index (κ2) is 7.81. The van der Waals surface area contributed by atoms with Crippen molar-refractivity contribution in [3.63, 3.8) is 0 Å². The van der Waals surface area contributed by atoms with E-state index in [0.29, 0.717) is 11.4 Å². The zero-order chi connectivity index (χ0) is 20.2. The number of aromatic amines is 1. The minimum atomic E-state index is -0.330. The Morgan fingerprint density at radius 3 is 2.62 bits per heavy atom. The minimum absolute atomic E-state index is 0.273. The molecule has 8 heteroatoms. The fraction of sp³-hybridized carbons (Fsp3) is 0.0476. The van der Waals surface area contributed by atoms with E-state index in [1.54, 1.807) is 48.3 Å². The average molecular weight is 387 g/mol. The molecular formula is C21H17N5O3. The van der Waals surface area contributed by atoms with Crippen LogP contribution in [-0.2, 0) is 0 Å². The Hall–Kier alpha value is -4.20. The quantitative estimate of drug-likeness (QED) is 0.548. The SMILES string of the molecule is COc1ccc(-n2ccc(C(=O)Nc3cccc(-c4ccc(=O)[nH]n4)c3)n2)cc1. The molecule has 1 amide bonds. The molecule has 0 saturated heterocycles. The number of nitrogens with zero attached hydrogens (tertiary/aromatic N) is 3. The Bertz CT molecular complexity index is 1190. The predicted octanol–water partition coefficient (Wildman–Crippen LogP) is 2.88. The highest BCUT2D eigenvalue weighted by Gasteiger charge is 2.11. The van der Waals surface area contributed by atoms with Crippen LogP contribution in [0.15, 0.2) is 77.7 Å². The van der Waals surface area contributed by atoms with Crippen molar-refractivity contribution in [2.45, 2.75) is 0 Å². The molecule has 2 aromatic heterocycles. The number of benzene rings is 2. The van der Waals surface area contributed by atoms with Crippen LogP contribution in [0, 0.1) is 0 Å². The van der Waals surface area contributed by atoms with E-state index in [1.165, 1.54) is 6.07 Å². The molecule has 0 aliphatic heterocycles. The topological polar surface area (TPSA) is 102 Å². The Morgan fingerprint density at radius 1 is 1.07 bits per heavy atom. The third-order valence-corrected chi connectivity index (χ3v) is 4.25. The number of H-pyrrole nitrogens is 1. The zero-order valence-corrected chi connectivity index (χ0v) is 15.5. The molecule has 0 fully saturated rings. The number of amides is 1. The van der Waals surface area contributed by atoms with E-state index in [2.05, 4.69) is 20.6 Å². The summed E-state index contributed by atoms with van der Waals surface area (Å²) in [5, 5.41) is 13.6. The van der Waals surface area contributed by atoms with E-state index in [9.17, 15) is 9.59 Å². The summed E-state index contributed by atoms with van der Waals surface area (Å²) in [6.07, 6.45) is 1.72. The van der Waals surface area contributed by atoms with Crippen molar-refractivity contribution >= 4 is 11.6 Å². The lowest BCUT2D eigenvalue weighted by molar-refractivity contribution is 0.102. The van der Waals surface area contributed by atoms with Crippen molar-refractivity contribution in [3.8, 4) is 22.7 Å². The van der Waals surface area contributed by atoms with Crippen LogP contribution < -0.4 is 15.6 Å². The molecule has 8 nitrogen and oxygen atoms in total. The second-order valence-corrected chi connectivity index (χ2v) is 6.18. The van der Waals surface area contributed by atoms with E-state index in [1.807, 2.05) is 30.3 Å². The highest BCUT2D eigenvalue weighted by atomic mass is 16.5. The minimum Gasteiger partial charge on any atom is -0.497 e. The standard InChI is InChI=1S/C21H17N5O3/c1-29-17-7-5-16(6-8-17)26-12-11-19(25-26)21(28)22-15-4-2-3-14(13-15)18-9-10-20(27)24-23-18/h2-13H,1H3,(H,22,28)(H,24,27). The first-order valence-corrected chi connectivity index (χ1v) is 8.80. The molecule has 0 aliphatic carbocycles. The molecule has 0 bridgehead atoms. The van der Waals surface area contributed by atoms with Gasteiger partial charge in [-0.1, -0.05) is 12.1 Å². The zero-order valence-electron chi connectivity index (χ0n) is 15.5. The average Bonchev–Trinajstić information content (AvgIpc) is 3.25. The van der Waals surface area contributed by atoms with Crippen molar-refractivity contribution in [1.82, 2.24) is 20.0 Å². The van der Waals surface area contributed by atoms with Crippen molar-refractivity contribution in [1.29, 1.82) is 0 Å². The van der Waals surface area contributed by atoms with Gasteiger partial charge in [-0.3, -0.25) is 9.59 Å². The molecule has 2 N–H and O–H groups in total. The third kappa shape index (κ3) is 4.06. The summed E-state index contributed by atoms with van der Waals surface area (Å²) in [7, 11) is 1.60. The summed E-state index contributed by atoms with van der Waals surface area (Å²) in [6.45, 7) is 0. The van der Waals surface area contributed by atoms with Crippen LogP contribution in [0.25, 0.3) is 16.9 Å². The lowest BCUT2D eigenvalue weighted by Crippen LogP contribution is -2.13. The smallest absolute Gasteiger partial charge is 0.276 e. The van der Waals surface area contributed by atoms with Gasteiger partial charge in [-0.15, -0.1) is 0 Å². The van der Waals surface area contributed by atoms with Gasteiger partial charge in [-0.05, 0) is 48.5 Å². The lowest BCUT2D eigenvalue weighted by Gasteiger charge is -2.06. The van der Waals surface area contributed by atoms with Gasteiger partial charge in [-0.2, -0.15) is 10.2 Å². The van der Waals surface area contributed by atoms with E-state index in [-0.39, 0.29) is 17.2 Å². The second-order valence-electron chi connectivity index (χ2n) is 6.18. The molecule has 144 valence electrons. The van der Waals surface area contributed by atoms with E-state index >= 15 is 0 Å². The number of hydrogen-bond donors (Lipinski definition) is 2. The van der Waals surface area contributed by atoms with Gasteiger partial charge in [0.2, 0.25) is 0 Å². The van der Waals surface area contributed by atoms with Gasteiger partial charge in [0.05, 0.1) is 18.5 Å². The molecule has 4 aromatic rings. The summed E-state index contributed by atoms with van der Waals surface area (Å²) in [6, 6.07) is 19.2. The van der Waals surface area contributed by atoms with Crippen LogP contribution in [0.2, 0.25) is 0 Å². The number of carbonyl (C=O) groups excluding carboxylic acids is 1.